The lowest BCUT2D eigenvalue weighted by Crippen LogP contribution is -2.45. The number of aromatic nitrogens is 2. The molecule has 0 radical (unpaired) electrons. The number of hydrogen-bond acceptors (Lipinski definition) is 5. The molecule has 2 saturated heterocycles. The maximum absolute atomic E-state index is 13.2. The van der Waals surface area contributed by atoms with Crippen LogP contribution in [0.3, 0.4) is 0 Å². The maximum atomic E-state index is 13.2. The van der Waals surface area contributed by atoms with Crippen molar-refractivity contribution in [1.29, 1.82) is 0 Å². The number of rotatable bonds is 6. The highest BCUT2D eigenvalue weighted by molar-refractivity contribution is 5.82. The first-order valence-corrected chi connectivity index (χ1v) is 11.5. The highest BCUT2D eigenvalue weighted by atomic mass is 16.5. The van der Waals surface area contributed by atoms with E-state index in [1.54, 1.807) is 0 Å². The van der Waals surface area contributed by atoms with Crippen molar-refractivity contribution in [3.8, 4) is 0 Å². The molecule has 1 amide bonds. The zero-order valence-corrected chi connectivity index (χ0v) is 18.6. The van der Waals surface area contributed by atoms with Gasteiger partial charge in [0.2, 0.25) is 11.9 Å². The van der Waals surface area contributed by atoms with Crippen molar-refractivity contribution in [2.45, 2.75) is 59.0 Å². The molecule has 3 heterocycles. The van der Waals surface area contributed by atoms with Crippen molar-refractivity contribution < 1.29 is 9.53 Å². The number of anilines is 1. The molecule has 2 aliphatic rings. The van der Waals surface area contributed by atoms with Crippen molar-refractivity contribution in [3.05, 3.63) is 29.5 Å². The third-order valence-corrected chi connectivity index (χ3v) is 6.41. The van der Waals surface area contributed by atoms with Crippen LogP contribution < -0.4 is 4.90 Å². The van der Waals surface area contributed by atoms with Crippen molar-refractivity contribution in [1.82, 2.24) is 14.9 Å². The highest BCUT2D eigenvalue weighted by Crippen LogP contribution is 2.26. The van der Waals surface area contributed by atoms with Gasteiger partial charge in [-0.25, -0.2) is 9.97 Å². The number of carbonyl (C=O) groups is 1. The Hall–Kier alpha value is -2.21. The van der Waals surface area contributed by atoms with Crippen LogP contribution in [0, 0.1) is 19.8 Å². The van der Waals surface area contributed by atoms with Crippen molar-refractivity contribution in [2.24, 2.45) is 5.92 Å². The fourth-order valence-electron chi connectivity index (χ4n) is 4.70. The fraction of sp³-hybridized carbons (Fsp3) is 0.625. The predicted molar refractivity (Wildman–Crippen MR) is 120 cm³/mol. The topological polar surface area (TPSA) is 58.6 Å². The van der Waals surface area contributed by atoms with E-state index in [1.807, 2.05) is 0 Å². The van der Waals surface area contributed by atoms with Crippen LogP contribution in [-0.2, 0) is 9.53 Å². The second-order valence-electron chi connectivity index (χ2n) is 8.81. The van der Waals surface area contributed by atoms with E-state index in [9.17, 15) is 4.79 Å². The monoisotopic (exact) mass is 410 g/mol. The van der Waals surface area contributed by atoms with Gasteiger partial charge in [-0.1, -0.05) is 18.6 Å². The van der Waals surface area contributed by atoms with Crippen molar-refractivity contribution in [2.75, 3.05) is 37.7 Å². The summed E-state index contributed by atoms with van der Waals surface area (Å²) in [5, 5.41) is 1.12. The first-order chi connectivity index (χ1) is 14.5. The minimum Gasteiger partial charge on any atom is -0.376 e. The molecule has 6 heteroatoms. The molecule has 0 bridgehead atoms. The van der Waals surface area contributed by atoms with E-state index < -0.39 is 0 Å². The molecule has 0 spiro atoms. The van der Waals surface area contributed by atoms with Crippen LogP contribution >= 0.6 is 0 Å². The maximum Gasteiger partial charge on any atom is 0.226 e. The average molecular weight is 411 g/mol. The molecule has 2 aromatic rings. The van der Waals surface area contributed by atoms with Gasteiger partial charge in [0.15, 0.2) is 0 Å². The second-order valence-corrected chi connectivity index (χ2v) is 8.81. The molecule has 0 N–H and O–H groups in total. The van der Waals surface area contributed by atoms with Crippen LogP contribution in [0.25, 0.3) is 10.9 Å². The minimum absolute atomic E-state index is 0.0957. The summed E-state index contributed by atoms with van der Waals surface area (Å²) in [5.41, 5.74) is 3.23. The Balaban J connectivity index is 1.40. The van der Waals surface area contributed by atoms with Gasteiger partial charge in [0, 0.05) is 44.1 Å². The van der Waals surface area contributed by atoms with Gasteiger partial charge in [0.05, 0.1) is 17.3 Å². The SMILES string of the molecule is CCCN(CC1CCCO1)C(=O)C1CCN(c2nc(C)c3cc(C)ccc3n2)CC1. The molecular weight excluding hydrogens is 376 g/mol. The smallest absolute Gasteiger partial charge is 0.226 e. The predicted octanol–water partition coefficient (Wildman–Crippen LogP) is 3.88. The molecule has 1 aromatic heterocycles. The van der Waals surface area contributed by atoms with Gasteiger partial charge in [0.25, 0.3) is 0 Å². The Bertz CT molecular complexity index is 886. The summed E-state index contributed by atoms with van der Waals surface area (Å²) in [6, 6.07) is 6.32. The number of amides is 1. The summed E-state index contributed by atoms with van der Waals surface area (Å²) in [6.07, 6.45) is 5.11. The number of fused-ring (bicyclic) bond motifs is 1. The number of piperidine rings is 1. The molecule has 162 valence electrons. The first-order valence-electron chi connectivity index (χ1n) is 11.5. The molecule has 2 fully saturated rings. The van der Waals surface area contributed by atoms with Gasteiger partial charge >= 0.3 is 0 Å². The Morgan fingerprint density at radius 3 is 2.70 bits per heavy atom. The molecule has 2 aliphatic heterocycles. The lowest BCUT2D eigenvalue weighted by molar-refractivity contribution is -0.137. The molecule has 1 unspecified atom stereocenters. The molecule has 0 saturated carbocycles. The van der Waals surface area contributed by atoms with Crippen molar-refractivity contribution in [3.63, 3.8) is 0 Å². The van der Waals surface area contributed by atoms with Gasteiger partial charge in [-0.2, -0.15) is 0 Å². The van der Waals surface area contributed by atoms with E-state index in [2.05, 4.69) is 48.8 Å². The Kier molecular flexibility index (Phi) is 6.52. The van der Waals surface area contributed by atoms with Gasteiger partial charge in [-0.15, -0.1) is 0 Å². The molecule has 0 aliphatic carbocycles. The lowest BCUT2D eigenvalue weighted by atomic mass is 9.95. The van der Waals surface area contributed by atoms with E-state index in [0.29, 0.717) is 5.91 Å². The summed E-state index contributed by atoms with van der Waals surface area (Å²) in [7, 11) is 0. The van der Waals surface area contributed by atoms with Crippen LogP contribution in [0.1, 0.15) is 50.3 Å². The van der Waals surface area contributed by atoms with Crippen LogP contribution in [0.4, 0.5) is 5.95 Å². The van der Waals surface area contributed by atoms with E-state index >= 15 is 0 Å². The second kappa shape index (κ2) is 9.29. The number of hydrogen-bond donors (Lipinski definition) is 0. The van der Waals surface area contributed by atoms with Crippen LogP contribution in [0.15, 0.2) is 18.2 Å². The summed E-state index contributed by atoms with van der Waals surface area (Å²) in [4.78, 5) is 27.1. The summed E-state index contributed by atoms with van der Waals surface area (Å²) < 4.78 is 5.78. The molecule has 6 nitrogen and oxygen atoms in total. The van der Waals surface area contributed by atoms with E-state index in [1.165, 1.54) is 5.56 Å². The third kappa shape index (κ3) is 4.59. The fourth-order valence-corrected chi connectivity index (χ4v) is 4.70. The van der Waals surface area contributed by atoms with E-state index in [4.69, 9.17) is 14.7 Å². The molecule has 30 heavy (non-hydrogen) atoms. The Morgan fingerprint density at radius 2 is 2.00 bits per heavy atom. The zero-order valence-electron chi connectivity index (χ0n) is 18.6. The van der Waals surface area contributed by atoms with Crippen LogP contribution in [-0.4, -0.2) is 59.7 Å². The lowest BCUT2D eigenvalue weighted by Gasteiger charge is -2.35. The summed E-state index contributed by atoms with van der Waals surface area (Å²) >= 11 is 0. The number of benzene rings is 1. The number of ether oxygens (including phenoxy) is 1. The van der Waals surface area contributed by atoms with E-state index in [0.717, 1.165) is 87.4 Å². The summed E-state index contributed by atoms with van der Waals surface area (Å²) in [6.45, 7) is 10.3. The third-order valence-electron chi connectivity index (χ3n) is 6.41. The standard InChI is InChI=1S/C24H34N4O2/c1-4-11-28(16-20-6-5-14-30-20)23(29)19-9-12-27(13-10-19)24-25-18(3)21-15-17(2)7-8-22(21)26-24/h7-8,15,19-20H,4-6,9-14,16H2,1-3H3. The van der Waals surface area contributed by atoms with Crippen LogP contribution in [0.5, 0.6) is 0 Å². The molecule has 1 aromatic carbocycles. The molecule has 1 atom stereocenters. The summed E-state index contributed by atoms with van der Waals surface area (Å²) in [5.74, 6) is 1.19. The average Bonchev–Trinajstić information content (AvgIpc) is 3.27. The van der Waals surface area contributed by atoms with Crippen LogP contribution in [0.2, 0.25) is 0 Å². The largest absolute Gasteiger partial charge is 0.376 e. The number of carbonyl (C=O) groups excluding carboxylic acids is 1. The van der Waals surface area contributed by atoms with Gasteiger partial charge in [0.1, 0.15) is 0 Å². The van der Waals surface area contributed by atoms with Gasteiger partial charge < -0.3 is 14.5 Å². The minimum atomic E-state index is 0.0957. The molecular formula is C24H34N4O2. The van der Waals surface area contributed by atoms with Gasteiger partial charge in [-0.05, 0) is 58.1 Å². The zero-order chi connectivity index (χ0) is 21.1. The quantitative estimate of drug-likeness (QED) is 0.723. The van der Waals surface area contributed by atoms with E-state index in [-0.39, 0.29) is 12.0 Å². The van der Waals surface area contributed by atoms with Crippen molar-refractivity contribution >= 4 is 22.8 Å². The first kappa shape index (κ1) is 21.0. The number of nitrogens with zero attached hydrogens (tertiary/aromatic N) is 4. The highest BCUT2D eigenvalue weighted by Gasteiger charge is 2.31. The molecule has 4 rings (SSSR count). The van der Waals surface area contributed by atoms with Gasteiger partial charge in [-0.3, -0.25) is 4.79 Å². The number of aryl methyl sites for hydroxylation is 2. The normalized spacial score (nSPS) is 20.1. The Morgan fingerprint density at radius 1 is 1.20 bits per heavy atom. The Labute approximate surface area is 179 Å².